The maximum Gasteiger partial charge on any atom is 0.331 e. The summed E-state index contributed by atoms with van der Waals surface area (Å²) in [5, 5.41) is 0. The van der Waals surface area contributed by atoms with Gasteiger partial charge in [0, 0.05) is 12.2 Å². The second kappa shape index (κ2) is 7.45. The Bertz CT molecular complexity index is 274. The summed E-state index contributed by atoms with van der Waals surface area (Å²) in [6.45, 7) is 10.2. The molecule has 88 valence electrons. The molecule has 4 nitrogen and oxygen atoms in total. The molecule has 0 fully saturated rings. The standard InChI is InChI=1S/C12H16O4/c1-5-9(3)15-11(13)7-8-12(14)16-10(4)6-2/h5-10H,1-2H2,3-4H3/b8-7+. The third kappa shape index (κ3) is 6.59. The number of carbonyl (C=O) groups excluding carboxylic acids is 2. The zero-order chi connectivity index (χ0) is 12.6. The monoisotopic (exact) mass is 224 g/mol. The number of ether oxygens (including phenoxy) is 2. The Morgan fingerprint density at radius 2 is 1.25 bits per heavy atom. The molecule has 0 heterocycles. The molecule has 0 amide bonds. The van der Waals surface area contributed by atoms with Gasteiger partial charge in [0.25, 0.3) is 0 Å². The van der Waals surface area contributed by atoms with E-state index in [9.17, 15) is 9.59 Å². The van der Waals surface area contributed by atoms with Gasteiger partial charge in [-0.3, -0.25) is 0 Å². The first-order valence-electron chi connectivity index (χ1n) is 4.84. The van der Waals surface area contributed by atoms with Crippen molar-refractivity contribution in [3.63, 3.8) is 0 Å². The molecule has 0 aliphatic heterocycles. The highest BCUT2D eigenvalue weighted by atomic mass is 16.5. The zero-order valence-electron chi connectivity index (χ0n) is 9.51. The van der Waals surface area contributed by atoms with Crippen LogP contribution in [0.4, 0.5) is 0 Å². The summed E-state index contributed by atoms with van der Waals surface area (Å²) in [7, 11) is 0. The van der Waals surface area contributed by atoms with E-state index in [1.54, 1.807) is 13.8 Å². The molecular formula is C12H16O4. The van der Waals surface area contributed by atoms with E-state index in [0.717, 1.165) is 12.2 Å². The Kier molecular flexibility index (Phi) is 6.59. The van der Waals surface area contributed by atoms with Gasteiger partial charge in [-0.15, -0.1) is 0 Å². The van der Waals surface area contributed by atoms with Crippen LogP contribution in [-0.4, -0.2) is 24.1 Å². The van der Waals surface area contributed by atoms with E-state index in [0.29, 0.717) is 0 Å². The molecule has 4 heteroatoms. The van der Waals surface area contributed by atoms with Crippen LogP contribution >= 0.6 is 0 Å². The summed E-state index contributed by atoms with van der Waals surface area (Å²) < 4.78 is 9.62. The minimum absolute atomic E-state index is 0.389. The molecule has 0 saturated carbocycles. The Balaban J connectivity index is 4.07. The van der Waals surface area contributed by atoms with Crippen LogP contribution in [-0.2, 0) is 19.1 Å². The van der Waals surface area contributed by atoms with Crippen LogP contribution in [0.3, 0.4) is 0 Å². The lowest BCUT2D eigenvalue weighted by molar-refractivity contribution is -0.143. The molecule has 16 heavy (non-hydrogen) atoms. The summed E-state index contributed by atoms with van der Waals surface area (Å²) in [4.78, 5) is 22.2. The molecule has 0 saturated heterocycles. The maximum atomic E-state index is 11.1. The number of carbonyl (C=O) groups is 2. The molecule has 0 aromatic heterocycles. The van der Waals surface area contributed by atoms with Crippen molar-refractivity contribution in [1.82, 2.24) is 0 Å². The molecule has 0 bridgehead atoms. The Morgan fingerprint density at radius 3 is 1.50 bits per heavy atom. The number of hydrogen-bond acceptors (Lipinski definition) is 4. The van der Waals surface area contributed by atoms with Crippen molar-refractivity contribution in [2.75, 3.05) is 0 Å². The van der Waals surface area contributed by atoms with Crippen molar-refractivity contribution in [2.45, 2.75) is 26.1 Å². The summed E-state index contributed by atoms with van der Waals surface area (Å²) in [6.07, 6.45) is 4.20. The minimum Gasteiger partial charge on any atom is -0.455 e. The fourth-order valence-electron chi connectivity index (χ4n) is 0.677. The van der Waals surface area contributed by atoms with Crippen molar-refractivity contribution < 1.29 is 19.1 Å². The molecule has 0 aromatic carbocycles. The van der Waals surface area contributed by atoms with Gasteiger partial charge >= 0.3 is 11.9 Å². The van der Waals surface area contributed by atoms with E-state index in [1.165, 1.54) is 12.2 Å². The van der Waals surface area contributed by atoms with Gasteiger partial charge in [0.1, 0.15) is 12.2 Å². The van der Waals surface area contributed by atoms with Crippen LogP contribution in [0.5, 0.6) is 0 Å². The SMILES string of the molecule is C=CC(C)OC(=O)/C=C/C(=O)OC(C)C=C. The average molecular weight is 224 g/mol. The summed E-state index contributed by atoms with van der Waals surface area (Å²) in [5.74, 6) is -1.23. The highest BCUT2D eigenvalue weighted by molar-refractivity contribution is 5.91. The molecule has 0 N–H and O–H groups in total. The van der Waals surface area contributed by atoms with Crippen molar-refractivity contribution in [2.24, 2.45) is 0 Å². The van der Waals surface area contributed by atoms with E-state index >= 15 is 0 Å². The van der Waals surface area contributed by atoms with Gasteiger partial charge < -0.3 is 9.47 Å². The fourth-order valence-corrected chi connectivity index (χ4v) is 0.677. The number of esters is 2. The van der Waals surface area contributed by atoms with Crippen molar-refractivity contribution >= 4 is 11.9 Å². The average Bonchev–Trinajstić information content (AvgIpc) is 2.26. The highest BCUT2D eigenvalue weighted by Crippen LogP contribution is 1.96. The predicted molar refractivity (Wildman–Crippen MR) is 60.6 cm³/mol. The van der Waals surface area contributed by atoms with Gasteiger partial charge in [0.15, 0.2) is 0 Å². The van der Waals surface area contributed by atoms with Crippen LogP contribution in [0.15, 0.2) is 37.5 Å². The summed E-state index contributed by atoms with van der Waals surface area (Å²) in [5.41, 5.74) is 0. The van der Waals surface area contributed by atoms with Gasteiger partial charge in [-0.25, -0.2) is 9.59 Å². The number of hydrogen-bond donors (Lipinski definition) is 0. The normalized spacial score (nSPS) is 13.9. The van der Waals surface area contributed by atoms with Gasteiger partial charge in [0.05, 0.1) is 0 Å². The topological polar surface area (TPSA) is 52.6 Å². The first kappa shape index (κ1) is 14.2. The van der Waals surface area contributed by atoms with E-state index in [1.807, 2.05) is 0 Å². The van der Waals surface area contributed by atoms with Crippen molar-refractivity contribution in [3.05, 3.63) is 37.5 Å². The van der Waals surface area contributed by atoms with Crippen LogP contribution in [0.2, 0.25) is 0 Å². The van der Waals surface area contributed by atoms with Crippen LogP contribution in [0.1, 0.15) is 13.8 Å². The Labute approximate surface area is 95.2 Å². The molecule has 2 unspecified atom stereocenters. The van der Waals surface area contributed by atoms with Gasteiger partial charge in [-0.05, 0) is 13.8 Å². The lowest BCUT2D eigenvalue weighted by Crippen LogP contribution is -2.12. The third-order valence-electron chi connectivity index (χ3n) is 1.62. The third-order valence-corrected chi connectivity index (χ3v) is 1.62. The minimum atomic E-state index is -0.615. The van der Waals surface area contributed by atoms with Crippen LogP contribution in [0.25, 0.3) is 0 Å². The maximum absolute atomic E-state index is 11.1. The molecular weight excluding hydrogens is 208 g/mol. The lowest BCUT2D eigenvalue weighted by Gasteiger charge is -2.06. The molecule has 2 atom stereocenters. The second-order valence-electron chi connectivity index (χ2n) is 3.09. The molecule has 0 aliphatic carbocycles. The van der Waals surface area contributed by atoms with Crippen molar-refractivity contribution in [3.8, 4) is 0 Å². The summed E-state index contributed by atoms with van der Waals surface area (Å²) >= 11 is 0. The van der Waals surface area contributed by atoms with Crippen LogP contribution < -0.4 is 0 Å². The number of rotatable bonds is 6. The largest absolute Gasteiger partial charge is 0.455 e. The molecule has 0 aliphatic rings. The van der Waals surface area contributed by atoms with E-state index in [4.69, 9.17) is 9.47 Å². The second-order valence-corrected chi connectivity index (χ2v) is 3.09. The van der Waals surface area contributed by atoms with Gasteiger partial charge in [-0.1, -0.05) is 25.3 Å². The first-order valence-corrected chi connectivity index (χ1v) is 4.84. The van der Waals surface area contributed by atoms with Crippen molar-refractivity contribution in [1.29, 1.82) is 0 Å². The Hall–Kier alpha value is -1.84. The van der Waals surface area contributed by atoms with Crippen LogP contribution in [0, 0.1) is 0 Å². The van der Waals surface area contributed by atoms with Gasteiger partial charge in [0.2, 0.25) is 0 Å². The van der Waals surface area contributed by atoms with E-state index in [2.05, 4.69) is 13.2 Å². The molecule has 0 spiro atoms. The predicted octanol–water partition coefficient (Wildman–Crippen LogP) is 1.78. The highest BCUT2D eigenvalue weighted by Gasteiger charge is 2.05. The van der Waals surface area contributed by atoms with Gasteiger partial charge in [-0.2, -0.15) is 0 Å². The van der Waals surface area contributed by atoms with E-state index in [-0.39, 0.29) is 12.2 Å². The molecule has 0 aromatic rings. The smallest absolute Gasteiger partial charge is 0.331 e. The summed E-state index contributed by atoms with van der Waals surface area (Å²) in [6, 6.07) is 0. The fraction of sp³-hybridized carbons (Fsp3) is 0.333. The van der Waals surface area contributed by atoms with E-state index < -0.39 is 11.9 Å². The molecule has 0 radical (unpaired) electrons. The zero-order valence-corrected chi connectivity index (χ0v) is 9.51. The lowest BCUT2D eigenvalue weighted by atomic mass is 10.4. The molecule has 0 rings (SSSR count). The Morgan fingerprint density at radius 1 is 0.938 bits per heavy atom. The first-order chi connectivity index (χ1) is 7.49. The quantitative estimate of drug-likeness (QED) is 0.392.